The highest BCUT2D eigenvalue weighted by Crippen LogP contribution is 2.33. The average molecular weight is 519 g/mol. The average Bonchev–Trinajstić information content (AvgIpc) is 3.28. The Balaban J connectivity index is 1.50. The van der Waals surface area contributed by atoms with E-state index in [1.807, 2.05) is 4.72 Å². The van der Waals surface area contributed by atoms with Crippen LogP contribution in [0.25, 0.3) is 0 Å². The Labute approximate surface area is 197 Å². The summed E-state index contributed by atoms with van der Waals surface area (Å²) in [6, 6.07) is 5.84. The number of benzene rings is 2. The molecule has 2 atom stereocenters. The predicted octanol–water partition coefficient (Wildman–Crippen LogP) is 4.18. The van der Waals surface area contributed by atoms with Crippen molar-refractivity contribution in [2.75, 3.05) is 24.4 Å². The van der Waals surface area contributed by atoms with Gasteiger partial charge in [-0.1, -0.05) is 17.7 Å². The van der Waals surface area contributed by atoms with Crippen molar-refractivity contribution in [1.82, 2.24) is 14.7 Å². The van der Waals surface area contributed by atoms with Crippen molar-refractivity contribution < 1.29 is 26.3 Å². The van der Waals surface area contributed by atoms with Crippen LogP contribution in [0.5, 0.6) is 5.75 Å². The van der Waals surface area contributed by atoms with E-state index in [-0.39, 0.29) is 28.6 Å². The lowest BCUT2D eigenvalue weighted by Gasteiger charge is -2.32. The Morgan fingerprint density at radius 1 is 1.18 bits per heavy atom. The summed E-state index contributed by atoms with van der Waals surface area (Å²) in [4.78, 5) is 2.78. The Bertz CT molecular complexity index is 1250. The van der Waals surface area contributed by atoms with Crippen LogP contribution in [0.4, 0.5) is 18.3 Å². The number of rotatable bonds is 7. The highest BCUT2D eigenvalue weighted by Gasteiger charge is 2.29. The number of aromatic nitrogens is 2. The van der Waals surface area contributed by atoms with Gasteiger partial charge in [-0.3, -0.25) is 4.72 Å². The number of piperidine rings is 1. The largest absolute Gasteiger partial charge is 0.490 e. The van der Waals surface area contributed by atoms with Gasteiger partial charge >= 0.3 is 0 Å². The fraction of sp³-hybridized carbons (Fsp3) is 0.300. The lowest BCUT2D eigenvalue weighted by atomic mass is 9.81. The molecule has 33 heavy (non-hydrogen) atoms. The summed E-state index contributed by atoms with van der Waals surface area (Å²) in [5, 5.41) is 3.15. The molecule has 0 spiro atoms. The fourth-order valence-corrected chi connectivity index (χ4v) is 5.54. The third-order valence-corrected chi connectivity index (χ3v) is 7.66. The highest BCUT2D eigenvalue weighted by atomic mass is 35.5. The lowest BCUT2D eigenvalue weighted by Crippen LogP contribution is -2.38. The Morgan fingerprint density at radius 3 is 2.73 bits per heavy atom. The van der Waals surface area contributed by atoms with Gasteiger partial charge in [0.1, 0.15) is 22.9 Å². The molecule has 4 rings (SSSR count). The first-order valence-electron chi connectivity index (χ1n) is 9.81. The highest BCUT2D eigenvalue weighted by molar-refractivity contribution is 7.93. The van der Waals surface area contributed by atoms with Gasteiger partial charge in [0, 0.05) is 36.1 Å². The van der Waals surface area contributed by atoms with Crippen molar-refractivity contribution >= 4 is 38.3 Å². The zero-order valence-corrected chi connectivity index (χ0v) is 19.3. The van der Waals surface area contributed by atoms with Gasteiger partial charge < -0.3 is 10.1 Å². The molecule has 1 fully saturated rings. The molecule has 0 aliphatic carbocycles. The number of hydrogen-bond donors (Lipinski definition) is 2. The maximum absolute atomic E-state index is 14.6. The van der Waals surface area contributed by atoms with Crippen LogP contribution in [0.2, 0.25) is 5.02 Å². The summed E-state index contributed by atoms with van der Waals surface area (Å²) in [5.74, 6) is -3.41. The molecule has 1 aliphatic heterocycles. The number of nitrogens with one attached hydrogen (secondary N) is 2. The zero-order valence-electron chi connectivity index (χ0n) is 16.9. The topological polar surface area (TPSA) is 93.2 Å². The molecular weight excluding hydrogens is 501 g/mol. The van der Waals surface area contributed by atoms with Crippen molar-refractivity contribution in [3.05, 3.63) is 64.7 Å². The molecule has 1 saturated heterocycles. The summed E-state index contributed by atoms with van der Waals surface area (Å²) >= 11 is 6.52. The van der Waals surface area contributed by atoms with Crippen LogP contribution >= 0.6 is 23.1 Å². The summed E-state index contributed by atoms with van der Waals surface area (Å²) in [6.07, 6.45) is 1.82. The summed E-state index contributed by atoms with van der Waals surface area (Å²) < 4.78 is 79.1. The summed E-state index contributed by atoms with van der Waals surface area (Å²) in [7, 11) is -4.41. The molecule has 3 aromatic rings. The normalized spacial score (nSPS) is 18.8. The Morgan fingerprint density at radius 2 is 2.00 bits per heavy atom. The maximum atomic E-state index is 14.6. The molecule has 1 aromatic heterocycles. The third-order valence-electron chi connectivity index (χ3n) is 5.29. The molecular formula is C20H18ClF3N4O3S2. The van der Waals surface area contributed by atoms with Crippen LogP contribution in [0.1, 0.15) is 17.9 Å². The van der Waals surface area contributed by atoms with Crippen LogP contribution in [0.3, 0.4) is 0 Å². The first kappa shape index (κ1) is 23.7. The van der Waals surface area contributed by atoms with Gasteiger partial charge in [-0.2, -0.15) is 4.37 Å². The van der Waals surface area contributed by atoms with Gasteiger partial charge in [0.2, 0.25) is 5.13 Å². The van der Waals surface area contributed by atoms with E-state index in [1.165, 1.54) is 12.1 Å². The number of nitrogens with zero attached hydrogens (tertiary/aromatic N) is 2. The van der Waals surface area contributed by atoms with E-state index in [2.05, 4.69) is 14.7 Å². The SMILES string of the molecule is O=S(=O)(Nc1ncns1)c1cc(F)c(OC[C@H]2CNCC[C@@H]2c2ccc(Cl)c(F)c2)cc1F. The van der Waals surface area contributed by atoms with Crippen molar-refractivity contribution in [2.24, 2.45) is 5.92 Å². The molecule has 0 bridgehead atoms. The molecule has 0 saturated carbocycles. The number of sulfonamides is 1. The second kappa shape index (κ2) is 9.84. The molecule has 0 radical (unpaired) electrons. The van der Waals surface area contributed by atoms with Gasteiger partial charge in [-0.25, -0.2) is 26.6 Å². The van der Waals surface area contributed by atoms with Gasteiger partial charge in [-0.15, -0.1) is 0 Å². The zero-order chi connectivity index (χ0) is 23.6. The predicted molar refractivity (Wildman–Crippen MR) is 118 cm³/mol. The molecule has 7 nitrogen and oxygen atoms in total. The Hall–Kier alpha value is -2.41. The standard InChI is InChI=1S/C20H18ClF3N4O3S2/c21-14-2-1-11(5-15(14)22)13-3-4-25-8-12(13)9-31-18-6-17(24)19(7-16(18)23)33(29,30)28-20-26-10-27-32-20/h1-2,5-7,10,12-13,25H,3-4,8-9H2,(H,26,27,28)/t12-,13-/m1/s1. The summed E-state index contributed by atoms with van der Waals surface area (Å²) in [5.41, 5.74) is 0.739. The second-order valence-electron chi connectivity index (χ2n) is 7.41. The molecule has 176 valence electrons. The number of halogens is 4. The molecule has 0 amide bonds. The molecule has 2 N–H and O–H groups in total. The molecule has 2 heterocycles. The monoisotopic (exact) mass is 518 g/mol. The van der Waals surface area contributed by atoms with Crippen molar-refractivity contribution in [2.45, 2.75) is 17.2 Å². The van der Waals surface area contributed by atoms with Gasteiger partial charge in [0.15, 0.2) is 11.6 Å². The van der Waals surface area contributed by atoms with Crippen LogP contribution in [-0.4, -0.2) is 37.5 Å². The quantitative estimate of drug-likeness (QED) is 0.487. The van der Waals surface area contributed by atoms with E-state index in [4.69, 9.17) is 16.3 Å². The van der Waals surface area contributed by atoms with Gasteiger partial charge in [0.25, 0.3) is 10.0 Å². The van der Waals surface area contributed by atoms with E-state index in [0.717, 1.165) is 23.4 Å². The summed E-state index contributed by atoms with van der Waals surface area (Å²) in [6.45, 7) is 1.24. The minimum atomic E-state index is -4.41. The number of ether oxygens (including phenoxy) is 1. The number of anilines is 1. The smallest absolute Gasteiger partial charge is 0.266 e. The van der Waals surface area contributed by atoms with Crippen molar-refractivity contribution in [3.63, 3.8) is 0 Å². The van der Waals surface area contributed by atoms with Crippen molar-refractivity contribution in [3.8, 4) is 5.75 Å². The molecule has 0 unspecified atom stereocenters. The Kier molecular flexibility index (Phi) is 7.07. The lowest BCUT2D eigenvalue weighted by molar-refractivity contribution is 0.190. The second-order valence-corrected chi connectivity index (χ2v) is 10.2. The van der Waals surface area contributed by atoms with Crippen molar-refractivity contribution in [1.29, 1.82) is 0 Å². The van der Waals surface area contributed by atoms with Gasteiger partial charge in [-0.05, 0) is 36.6 Å². The van der Waals surface area contributed by atoms with Gasteiger partial charge in [0.05, 0.1) is 11.6 Å². The minimum Gasteiger partial charge on any atom is -0.490 e. The van der Waals surface area contributed by atoms with E-state index in [1.54, 1.807) is 6.07 Å². The minimum absolute atomic E-state index is 0.00734. The number of hydrogen-bond acceptors (Lipinski definition) is 7. The van der Waals surface area contributed by atoms with Crippen LogP contribution in [-0.2, 0) is 10.0 Å². The van der Waals surface area contributed by atoms with E-state index in [9.17, 15) is 21.6 Å². The maximum Gasteiger partial charge on any atom is 0.266 e. The fourth-order valence-electron chi connectivity index (χ4n) is 3.69. The molecule has 1 aliphatic rings. The molecule has 13 heteroatoms. The first-order chi connectivity index (χ1) is 15.7. The van der Waals surface area contributed by atoms with Crippen LogP contribution in [0, 0.1) is 23.4 Å². The first-order valence-corrected chi connectivity index (χ1v) is 12.4. The molecule has 2 aromatic carbocycles. The third kappa shape index (κ3) is 5.40. The van der Waals surface area contributed by atoms with E-state index >= 15 is 0 Å². The van der Waals surface area contributed by atoms with Crippen LogP contribution < -0.4 is 14.8 Å². The van der Waals surface area contributed by atoms with Crippen LogP contribution in [0.15, 0.2) is 41.6 Å². The van der Waals surface area contributed by atoms with E-state index in [0.29, 0.717) is 31.6 Å². The van der Waals surface area contributed by atoms with E-state index < -0.39 is 38.1 Å².